The van der Waals surface area contributed by atoms with Crippen LogP contribution in [0.2, 0.25) is 0 Å². The molecule has 0 aromatic heterocycles. The normalized spacial score (nSPS) is 11.9. The molecule has 5 heteroatoms. The van der Waals surface area contributed by atoms with Crippen molar-refractivity contribution in [3.63, 3.8) is 0 Å². The lowest BCUT2D eigenvalue weighted by Crippen LogP contribution is -2.33. The molecule has 23 heavy (non-hydrogen) atoms. The van der Waals surface area contributed by atoms with Crippen LogP contribution in [0.1, 0.15) is 24.5 Å². The van der Waals surface area contributed by atoms with Gasteiger partial charge in [-0.25, -0.2) is 8.78 Å². The summed E-state index contributed by atoms with van der Waals surface area (Å²) in [6.07, 6.45) is -0.468. The highest BCUT2D eigenvalue weighted by Crippen LogP contribution is 2.23. The standard InChI is InChI=1S/C18H19F2NO2/c1-4-15(23-16-10-11(2)8-9-12(16)3)18(22)21-17-13(19)6-5-7-14(17)20/h5-10,15H,4H2,1-3H3,(H,21,22)/t15-/m0/s1. The summed E-state index contributed by atoms with van der Waals surface area (Å²) in [5.74, 6) is -1.64. The molecule has 0 radical (unpaired) electrons. The van der Waals surface area contributed by atoms with Crippen LogP contribution in [0.4, 0.5) is 14.5 Å². The van der Waals surface area contributed by atoms with Crippen molar-refractivity contribution in [1.82, 2.24) is 0 Å². The van der Waals surface area contributed by atoms with E-state index in [2.05, 4.69) is 5.32 Å². The third-order valence-corrected chi connectivity index (χ3v) is 3.49. The molecule has 0 saturated heterocycles. The zero-order chi connectivity index (χ0) is 17.0. The second kappa shape index (κ2) is 7.22. The molecule has 0 aliphatic carbocycles. The lowest BCUT2D eigenvalue weighted by atomic mass is 10.1. The summed E-state index contributed by atoms with van der Waals surface area (Å²) < 4.78 is 33.0. The van der Waals surface area contributed by atoms with Gasteiger partial charge in [0.05, 0.1) is 0 Å². The second-order valence-electron chi connectivity index (χ2n) is 5.37. The Balaban J connectivity index is 2.17. The first kappa shape index (κ1) is 16.9. The summed E-state index contributed by atoms with van der Waals surface area (Å²) in [5, 5.41) is 2.27. The van der Waals surface area contributed by atoms with Crippen LogP contribution in [0.25, 0.3) is 0 Å². The van der Waals surface area contributed by atoms with Gasteiger partial charge in [-0.2, -0.15) is 0 Å². The number of aryl methyl sites for hydroxylation is 2. The monoisotopic (exact) mass is 319 g/mol. The molecule has 0 spiro atoms. The number of halogens is 2. The first-order valence-corrected chi connectivity index (χ1v) is 7.41. The van der Waals surface area contributed by atoms with Crippen molar-refractivity contribution in [3.05, 3.63) is 59.2 Å². The molecule has 2 aromatic carbocycles. The molecule has 3 nitrogen and oxygen atoms in total. The highest BCUT2D eigenvalue weighted by molar-refractivity contribution is 5.94. The quantitative estimate of drug-likeness (QED) is 0.888. The number of benzene rings is 2. The average Bonchev–Trinajstić information content (AvgIpc) is 2.51. The van der Waals surface area contributed by atoms with Gasteiger partial charge in [0.2, 0.25) is 0 Å². The van der Waals surface area contributed by atoms with E-state index in [0.29, 0.717) is 12.2 Å². The van der Waals surface area contributed by atoms with Crippen LogP contribution in [0.3, 0.4) is 0 Å². The first-order valence-electron chi connectivity index (χ1n) is 7.41. The van der Waals surface area contributed by atoms with Crippen LogP contribution >= 0.6 is 0 Å². The molecule has 0 saturated carbocycles. The van der Waals surface area contributed by atoms with E-state index in [-0.39, 0.29) is 0 Å². The lowest BCUT2D eigenvalue weighted by molar-refractivity contribution is -0.122. The van der Waals surface area contributed by atoms with E-state index in [0.717, 1.165) is 23.3 Å². The maximum atomic E-state index is 13.6. The highest BCUT2D eigenvalue weighted by Gasteiger charge is 2.22. The molecule has 2 rings (SSSR count). The molecule has 0 aliphatic rings. The van der Waals surface area contributed by atoms with Gasteiger partial charge in [0.1, 0.15) is 23.1 Å². The smallest absolute Gasteiger partial charge is 0.265 e. The number of hydrogen-bond acceptors (Lipinski definition) is 2. The fourth-order valence-electron chi connectivity index (χ4n) is 2.13. The van der Waals surface area contributed by atoms with Crippen LogP contribution in [-0.2, 0) is 4.79 Å². The highest BCUT2D eigenvalue weighted by atomic mass is 19.1. The van der Waals surface area contributed by atoms with Crippen LogP contribution in [0, 0.1) is 25.5 Å². The molecule has 0 unspecified atom stereocenters. The van der Waals surface area contributed by atoms with E-state index in [1.54, 1.807) is 6.92 Å². The molecule has 0 heterocycles. The van der Waals surface area contributed by atoms with Crippen molar-refractivity contribution in [2.45, 2.75) is 33.3 Å². The minimum Gasteiger partial charge on any atom is -0.480 e. The molecule has 122 valence electrons. The number of amides is 1. The Hall–Kier alpha value is -2.43. The van der Waals surface area contributed by atoms with E-state index in [9.17, 15) is 13.6 Å². The van der Waals surface area contributed by atoms with Gasteiger partial charge in [0, 0.05) is 0 Å². The van der Waals surface area contributed by atoms with E-state index in [1.807, 2.05) is 32.0 Å². The number of ether oxygens (including phenoxy) is 1. The van der Waals surface area contributed by atoms with E-state index >= 15 is 0 Å². The van der Waals surface area contributed by atoms with Crippen molar-refractivity contribution < 1.29 is 18.3 Å². The molecular weight excluding hydrogens is 300 g/mol. The van der Waals surface area contributed by atoms with E-state index in [4.69, 9.17) is 4.74 Å². The van der Waals surface area contributed by atoms with Crippen molar-refractivity contribution >= 4 is 11.6 Å². The predicted molar refractivity (Wildman–Crippen MR) is 85.6 cm³/mol. The fourth-order valence-corrected chi connectivity index (χ4v) is 2.13. The predicted octanol–water partition coefficient (Wildman–Crippen LogP) is 4.38. The number of rotatable bonds is 5. The van der Waals surface area contributed by atoms with Gasteiger partial charge in [-0.05, 0) is 49.6 Å². The summed E-state index contributed by atoms with van der Waals surface area (Å²) in [6, 6.07) is 9.08. The Morgan fingerprint density at radius 1 is 1.17 bits per heavy atom. The summed E-state index contributed by atoms with van der Waals surface area (Å²) in [7, 11) is 0. The minimum atomic E-state index is -0.838. The Morgan fingerprint density at radius 2 is 1.83 bits per heavy atom. The van der Waals surface area contributed by atoms with Gasteiger partial charge in [-0.1, -0.05) is 25.1 Å². The molecule has 1 N–H and O–H groups in total. The summed E-state index contributed by atoms with van der Waals surface area (Å²) >= 11 is 0. The van der Waals surface area contributed by atoms with Gasteiger partial charge in [-0.3, -0.25) is 4.79 Å². The first-order chi connectivity index (χ1) is 10.9. The molecule has 0 aliphatic heterocycles. The number of carbonyl (C=O) groups is 1. The summed E-state index contributed by atoms with van der Waals surface area (Å²) in [6.45, 7) is 5.56. The van der Waals surface area contributed by atoms with Crippen molar-refractivity contribution in [1.29, 1.82) is 0 Å². The van der Waals surface area contributed by atoms with Crippen molar-refractivity contribution in [2.24, 2.45) is 0 Å². The average molecular weight is 319 g/mol. The molecule has 0 bridgehead atoms. The largest absolute Gasteiger partial charge is 0.480 e. The number of nitrogens with one attached hydrogen (secondary N) is 1. The Labute approximate surface area is 134 Å². The van der Waals surface area contributed by atoms with E-state index in [1.165, 1.54) is 6.07 Å². The zero-order valence-electron chi connectivity index (χ0n) is 13.3. The summed E-state index contributed by atoms with van der Waals surface area (Å²) in [5.41, 5.74) is 1.43. The van der Waals surface area contributed by atoms with Crippen LogP contribution in [0.15, 0.2) is 36.4 Å². The Kier molecular flexibility index (Phi) is 5.32. The van der Waals surface area contributed by atoms with Gasteiger partial charge < -0.3 is 10.1 Å². The SMILES string of the molecule is CC[C@H](Oc1cc(C)ccc1C)C(=O)Nc1c(F)cccc1F. The summed E-state index contributed by atoms with van der Waals surface area (Å²) in [4.78, 5) is 12.3. The van der Waals surface area contributed by atoms with Gasteiger partial charge in [0.15, 0.2) is 6.10 Å². The molecule has 0 fully saturated rings. The van der Waals surface area contributed by atoms with Crippen molar-refractivity contribution in [2.75, 3.05) is 5.32 Å². The Bertz CT molecular complexity index is 696. The fraction of sp³-hybridized carbons (Fsp3) is 0.278. The van der Waals surface area contributed by atoms with Crippen molar-refractivity contribution in [3.8, 4) is 5.75 Å². The number of hydrogen-bond donors (Lipinski definition) is 1. The Morgan fingerprint density at radius 3 is 2.43 bits per heavy atom. The van der Waals surface area contributed by atoms with Gasteiger partial charge in [0.25, 0.3) is 5.91 Å². The van der Waals surface area contributed by atoms with E-state index < -0.39 is 29.3 Å². The maximum absolute atomic E-state index is 13.6. The minimum absolute atomic E-state index is 0.370. The molecular formula is C18H19F2NO2. The third-order valence-electron chi connectivity index (χ3n) is 3.49. The van der Waals surface area contributed by atoms with Gasteiger partial charge >= 0.3 is 0 Å². The lowest BCUT2D eigenvalue weighted by Gasteiger charge is -2.19. The van der Waals surface area contributed by atoms with Crippen LogP contribution in [0.5, 0.6) is 5.75 Å². The third kappa shape index (κ3) is 4.06. The van der Waals surface area contributed by atoms with Crippen LogP contribution in [-0.4, -0.2) is 12.0 Å². The molecule has 1 amide bonds. The number of carbonyl (C=O) groups excluding carboxylic acids is 1. The molecule has 2 aromatic rings. The molecule has 1 atom stereocenters. The maximum Gasteiger partial charge on any atom is 0.265 e. The van der Waals surface area contributed by atoms with Crippen LogP contribution < -0.4 is 10.1 Å². The number of anilines is 1. The second-order valence-corrected chi connectivity index (χ2v) is 5.37. The zero-order valence-corrected chi connectivity index (χ0v) is 13.3. The number of para-hydroxylation sites is 1. The van der Waals surface area contributed by atoms with Gasteiger partial charge in [-0.15, -0.1) is 0 Å². The topological polar surface area (TPSA) is 38.3 Å².